The second kappa shape index (κ2) is 14.9. The van der Waals surface area contributed by atoms with Gasteiger partial charge in [0.2, 0.25) is 7.35 Å². The first-order chi connectivity index (χ1) is 19.3. The summed E-state index contributed by atoms with van der Waals surface area (Å²) in [6.45, 7) is 38.6. The molecule has 2 unspecified atom stereocenters. The Balaban J connectivity index is 3.13. The molecule has 7 nitrogen and oxygen atoms in total. The minimum absolute atomic E-state index is 0.338. The third-order valence-corrected chi connectivity index (χ3v) is 48.6. The number of hydrogen-bond donors (Lipinski definition) is 0. The first-order valence-corrected chi connectivity index (χ1v) is 42.5. The van der Waals surface area contributed by atoms with Crippen molar-refractivity contribution in [1.82, 2.24) is 0 Å². The second-order valence-corrected chi connectivity index (χ2v) is 60.3. The van der Waals surface area contributed by atoms with E-state index in [2.05, 4.69) is 105 Å². The summed E-state index contributed by atoms with van der Waals surface area (Å²) >= 11 is 0. The van der Waals surface area contributed by atoms with Crippen molar-refractivity contribution in [1.29, 1.82) is 0 Å². The van der Waals surface area contributed by atoms with Crippen molar-refractivity contribution in [2.45, 2.75) is 167 Å². The quantitative estimate of drug-likeness (QED) is 0.116. The fraction of sp³-hybridized carbons (Fsp3) is 1.00. The standard InChI is InChI=1S/C28H70O7Si8/c1-17-24-43(35-40(14,15)16,41(25-20-18-22-29-41)27(31-36(2,3)4)32-37(5,6)7)42(26-21-19-23-30-42)28(33-38(8,9)10)34-39(11,12)13/h27-28H,17-26H2,1-16H3. The fourth-order valence-corrected chi connectivity index (χ4v) is 67.6. The van der Waals surface area contributed by atoms with E-state index >= 15 is 0 Å². The lowest BCUT2D eigenvalue weighted by atomic mass is 10.4. The summed E-state index contributed by atoms with van der Waals surface area (Å²) in [6.07, 6.45) is 5.48. The van der Waals surface area contributed by atoms with Crippen LogP contribution in [-0.4, -0.2) is 89.6 Å². The van der Waals surface area contributed by atoms with Crippen molar-refractivity contribution in [2.24, 2.45) is 0 Å². The van der Waals surface area contributed by atoms with E-state index in [-0.39, 0.29) is 11.8 Å². The largest absolute Gasteiger partial charge is 0.456 e. The van der Waals surface area contributed by atoms with E-state index < -0.39 is 64.6 Å². The van der Waals surface area contributed by atoms with Crippen molar-refractivity contribution in [3.63, 3.8) is 0 Å². The molecule has 0 aromatic carbocycles. The van der Waals surface area contributed by atoms with E-state index in [1.54, 1.807) is 0 Å². The molecule has 0 aromatic rings. The van der Waals surface area contributed by atoms with Gasteiger partial charge in [0.25, 0.3) is 15.7 Å². The zero-order valence-electron chi connectivity index (χ0n) is 31.1. The Morgan fingerprint density at radius 2 is 0.837 bits per heavy atom. The molecule has 2 atom stereocenters. The van der Waals surface area contributed by atoms with Crippen LogP contribution in [0.4, 0.5) is 0 Å². The van der Waals surface area contributed by atoms with E-state index in [1.807, 2.05) is 0 Å². The summed E-state index contributed by atoms with van der Waals surface area (Å²) in [6, 6.07) is 3.05. The third-order valence-electron chi connectivity index (χ3n) is 7.66. The molecular weight excluding hydrogens is 673 g/mol. The Hall–Kier alpha value is 1.46. The SMILES string of the molecule is CCC[Si](O[Si](C)(C)C)([Si]1(C(O[Si](C)(C)C)O[Si](C)(C)C)CCCCO1)[Si]1(C(O[Si](C)(C)C)O[Si](C)(C)C)CCCCO1. The van der Waals surface area contributed by atoms with Gasteiger partial charge in [0.15, 0.2) is 41.6 Å². The van der Waals surface area contributed by atoms with Crippen LogP contribution in [0.25, 0.3) is 0 Å². The zero-order chi connectivity index (χ0) is 33.2. The Morgan fingerprint density at radius 3 is 1.05 bits per heavy atom. The molecule has 2 saturated heterocycles. The zero-order valence-corrected chi connectivity index (χ0v) is 39.1. The average Bonchev–Trinajstić information content (AvgIpc) is 2.79. The van der Waals surface area contributed by atoms with E-state index in [4.69, 9.17) is 30.7 Å². The van der Waals surface area contributed by atoms with Crippen LogP contribution in [0.5, 0.6) is 0 Å². The van der Waals surface area contributed by atoms with Crippen LogP contribution in [-0.2, 0) is 30.7 Å². The van der Waals surface area contributed by atoms with Crippen molar-refractivity contribution in [3.05, 3.63) is 0 Å². The van der Waals surface area contributed by atoms with E-state index in [9.17, 15) is 0 Å². The van der Waals surface area contributed by atoms with Crippen molar-refractivity contribution >= 4 is 64.6 Å². The maximum absolute atomic E-state index is 8.06. The van der Waals surface area contributed by atoms with Gasteiger partial charge in [-0.05, 0) is 129 Å². The number of hydrogen-bond acceptors (Lipinski definition) is 7. The van der Waals surface area contributed by atoms with E-state index in [1.165, 1.54) is 0 Å². The van der Waals surface area contributed by atoms with Gasteiger partial charge in [0, 0.05) is 13.2 Å². The van der Waals surface area contributed by atoms with E-state index in [0.29, 0.717) is 0 Å². The lowest BCUT2D eigenvalue weighted by molar-refractivity contribution is 0.0266. The highest BCUT2D eigenvalue weighted by Gasteiger charge is 2.79. The summed E-state index contributed by atoms with van der Waals surface area (Å²) < 4.78 is 52.3. The maximum Gasteiger partial charge on any atom is 0.266 e. The van der Waals surface area contributed by atoms with Gasteiger partial charge >= 0.3 is 0 Å². The fourth-order valence-electron chi connectivity index (χ4n) is 6.62. The molecule has 0 amide bonds. The van der Waals surface area contributed by atoms with Gasteiger partial charge in [0.05, 0.1) is 0 Å². The molecule has 0 aliphatic carbocycles. The van der Waals surface area contributed by atoms with Crippen molar-refractivity contribution < 1.29 is 30.7 Å². The highest BCUT2D eigenvalue weighted by molar-refractivity contribution is 7.66. The van der Waals surface area contributed by atoms with E-state index in [0.717, 1.165) is 63.5 Å². The molecule has 2 aliphatic heterocycles. The number of rotatable bonds is 16. The topological polar surface area (TPSA) is 64.6 Å². The lowest BCUT2D eigenvalue weighted by Crippen LogP contribution is -2.90. The van der Waals surface area contributed by atoms with Crippen LogP contribution in [0, 0.1) is 0 Å². The van der Waals surface area contributed by atoms with Gasteiger partial charge in [-0.3, -0.25) is 0 Å². The highest BCUT2D eigenvalue weighted by atomic mass is 29.7. The van der Waals surface area contributed by atoms with Gasteiger partial charge in [-0.25, -0.2) is 0 Å². The average molecular weight is 744 g/mol. The van der Waals surface area contributed by atoms with Gasteiger partial charge < -0.3 is 30.7 Å². The molecule has 0 saturated carbocycles. The molecule has 15 heteroatoms. The molecule has 2 fully saturated rings. The predicted molar refractivity (Wildman–Crippen MR) is 202 cm³/mol. The van der Waals surface area contributed by atoms with Crippen LogP contribution in [0.1, 0.15) is 39.0 Å². The van der Waals surface area contributed by atoms with Crippen LogP contribution >= 0.6 is 0 Å². The van der Waals surface area contributed by atoms with Crippen molar-refractivity contribution in [2.75, 3.05) is 13.2 Å². The van der Waals surface area contributed by atoms with Crippen LogP contribution in [0.2, 0.25) is 116 Å². The first kappa shape index (κ1) is 40.6. The maximum atomic E-state index is 8.06. The van der Waals surface area contributed by atoms with Crippen molar-refractivity contribution in [3.8, 4) is 0 Å². The summed E-state index contributed by atoms with van der Waals surface area (Å²) in [4.78, 5) is 0. The van der Waals surface area contributed by atoms with Crippen LogP contribution in [0.3, 0.4) is 0 Å². The molecule has 0 N–H and O–H groups in total. The molecular formula is C28H70O7Si8. The molecule has 2 rings (SSSR count). The first-order valence-electron chi connectivity index (χ1n) is 17.0. The molecule has 0 aromatic heterocycles. The van der Waals surface area contributed by atoms with Gasteiger partial charge in [-0.1, -0.05) is 26.2 Å². The van der Waals surface area contributed by atoms with Gasteiger partial charge in [0.1, 0.15) is 11.8 Å². The second-order valence-electron chi connectivity index (χ2n) is 17.8. The highest BCUT2D eigenvalue weighted by Crippen LogP contribution is 2.51. The monoisotopic (exact) mass is 742 g/mol. The third kappa shape index (κ3) is 11.3. The van der Waals surface area contributed by atoms with Gasteiger partial charge in [-0.15, -0.1) is 0 Å². The molecule has 0 bridgehead atoms. The summed E-state index contributed by atoms with van der Waals surface area (Å²) in [5, 5.41) is 0. The minimum Gasteiger partial charge on any atom is -0.456 e. The summed E-state index contributed by atoms with van der Waals surface area (Å²) in [5.41, 5.74) is 0. The molecule has 2 aliphatic rings. The Labute approximate surface area is 274 Å². The predicted octanol–water partition coefficient (Wildman–Crippen LogP) is 9.00. The van der Waals surface area contributed by atoms with Gasteiger partial charge in [-0.2, -0.15) is 0 Å². The molecule has 43 heavy (non-hydrogen) atoms. The molecule has 256 valence electrons. The Kier molecular flexibility index (Phi) is 14.1. The molecule has 0 radical (unpaired) electrons. The smallest absolute Gasteiger partial charge is 0.266 e. The lowest BCUT2D eigenvalue weighted by Gasteiger charge is -2.62. The molecule has 0 spiro atoms. The normalized spacial score (nSPS) is 26.7. The summed E-state index contributed by atoms with van der Waals surface area (Å²) in [5.74, 6) is -0.676. The Bertz CT molecular complexity index is 773. The summed E-state index contributed by atoms with van der Waals surface area (Å²) in [7, 11) is -19.1. The van der Waals surface area contributed by atoms with Crippen LogP contribution < -0.4 is 0 Å². The Morgan fingerprint density at radius 1 is 0.512 bits per heavy atom. The minimum atomic E-state index is -2.97. The van der Waals surface area contributed by atoms with Crippen LogP contribution in [0.15, 0.2) is 0 Å². The molecule has 2 heterocycles.